The summed E-state index contributed by atoms with van der Waals surface area (Å²) in [6.07, 6.45) is 0.906. The van der Waals surface area contributed by atoms with E-state index in [0.29, 0.717) is 12.0 Å². The molecular formula is C12H23NO5S. The predicted octanol–water partition coefficient (Wildman–Crippen LogP) is 1.82. The summed E-state index contributed by atoms with van der Waals surface area (Å²) in [7, 11) is -3.57. The Morgan fingerprint density at radius 1 is 1.37 bits per heavy atom. The first-order valence-corrected chi connectivity index (χ1v) is 7.78. The van der Waals surface area contributed by atoms with Crippen molar-refractivity contribution >= 4 is 16.2 Å². The van der Waals surface area contributed by atoms with E-state index >= 15 is 0 Å². The normalized spacial score (nSPS) is 13.7. The summed E-state index contributed by atoms with van der Waals surface area (Å²) in [6, 6.07) is -0.602. The maximum absolute atomic E-state index is 11.6. The number of hydrogen-bond acceptors (Lipinski definition) is 5. The summed E-state index contributed by atoms with van der Waals surface area (Å²) in [4.78, 5) is 11.6. The van der Waals surface area contributed by atoms with Gasteiger partial charge in [0.1, 0.15) is 5.60 Å². The van der Waals surface area contributed by atoms with Gasteiger partial charge in [0, 0.05) is 0 Å². The van der Waals surface area contributed by atoms with E-state index in [-0.39, 0.29) is 6.61 Å². The Morgan fingerprint density at radius 3 is 2.26 bits per heavy atom. The van der Waals surface area contributed by atoms with E-state index in [4.69, 9.17) is 4.74 Å². The van der Waals surface area contributed by atoms with Crippen LogP contribution in [0.3, 0.4) is 0 Å². The molecule has 0 heterocycles. The lowest BCUT2D eigenvalue weighted by Gasteiger charge is -2.24. The third-order valence-corrected chi connectivity index (χ3v) is 2.65. The number of rotatable bonds is 6. The Balaban J connectivity index is 4.61. The number of alkyl carbamates (subject to hydrolysis) is 1. The lowest BCUT2D eigenvalue weighted by atomic mass is 10.1. The van der Waals surface area contributed by atoms with E-state index in [1.165, 1.54) is 0 Å². The fourth-order valence-corrected chi connectivity index (χ4v) is 1.53. The zero-order valence-electron chi connectivity index (χ0n) is 12.1. The van der Waals surface area contributed by atoms with Gasteiger partial charge in [0.25, 0.3) is 10.1 Å². The van der Waals surface area contributed by atoms with Gasteiger partial charge in [-0.1, -0.05) is 19.1 Å². The van der Waals surface area contributed by atoms with Gasteiger partial charge in [0.05, 0.1) is 18.9 Å². The van der Waals surface area contributed by atoms with Crippen LogP contribution in [0.5, 0.6) is 0 Å². The van der Waals surface area contributed by atoms with E-state index < -0.39 is 27.9 Å². The first-order chi connectivity index (χ1) is 8.44. The molecular weight excluding hydrogens is 270 g/mol. The molecule has 19 heavy (non-hydrogen) atoms. The molecule has 0 aromatic heterocycles. The molecule has 0 saturated carbocycles. The molecule has 1 atom stereocenters. The Morgan fingerprint density at radius 2 is 1.89 bits per heavy atom. The standard InChI is InChI=1S/C12H23NO5S/c1-7-9(2)10(8-17-19(6,15)16)13-11(14)18-12(3,4)5/h10H,2,7-8H2,1,3-6H3,(H,13,14). The molecule has 0 spiro atoms. The fraction of sp³-hybridized carbons (Fsp3) is 0.750. The van der Waals surface area contributed by atoms with Crippen molar-refractivity contribution in [2.24, 2.45) is 0 Å². The monoisotopic (exact) mass is 293 g/mol. The molecule has 1 N–H and O–H groups in total. The molecule has 6 nitrogen and oxygen atoms in total. The average Bonchev–Trinajstić information content (AvgIpc) is 2.19. The fourth-order valence-electron chi connectivity index (χ4n) is 1.15. The van der Waals surface area contributed by atoms with Crippen molar-refractivity contribution in [3.63, 3.8) is 0 Å². The van der Waals surface area contributed by atoms with Crippen molar-refractivity contribution in [2.75, 3.05) is 12.9 Å². The highest BCUT2D eigenvalue weighted by Crippen LogP contribution is 2.10. The minimum Gasteiger partial charge on any atom is -0.444 e. The molecule has 7 heteroatoms. The molecule has 0 fully saturated rings. The zero-order chi connectivity index (χ0) is 15.3. The molecule has 0 bridgehead atoms. The summed E-state index contributed by atoms with van der Waals surface area (Å²) >= 11 is 0. The van der Waals surface area contributed by atoms with Gasteiger partial charge in [-0.05, 0) is 27.2 Å². The molecule has 0 saturated heterocycles. The van der Waals surface area contributed by atoms with Crippen molar-refractivity contribution in [3.05, 3.63) is 12.2 Å². The third kappa shape index (κ3) is 9.49. The van der Waals surface area contributed by atoms with Gasteiger partial charge < -0.3 is 10.1 Å². The number of carbonyl (C=O) groups excluding carboxylic acids is 1. The second kappa shape index (κ2) is 6.91. The van der Waals surface area contributed by atoms with E-state index in [0.717, 1.165) is 6.26 Å². The largest absolute Gasteiger partial charge is 0.444 e. The van der Waals surface area contributed by atoms with Crippen molar-refractivity contribution in [3.8, 4) is 0 Å². The summed E-state index contributed by atoms with van der Waals surface area (Å²) in [5.41, 5.74) is 0.0365. The Bertz CT molecular complexity index is 422. The van der Waals surface area contributed by atoms with Crippen LogP contribution in [-0.4, -0.2) is 39.0 Å². The van der Waals surface area contributed by atoms with Crippen LogP contribution in [0.2, 0.25) is 0 Å². The molecule has 0 aromatic rings. The number of ether oxygens (including phenoxy) is 1. The maximum Gasteiger partial charge on any atom is 0.408 e. The highest BCUT2D eigenvalue weighted by molar-refractivity contribution is 7.85. The van der Waals surface area contributed by atoms with E-state index in [2.05, 4.69) is 16.1 Å². The third-order valence-electron chi connectivity index (χ3n) is 2.09. The summed E-state index contributed by atoms with van der Waals surface area (Å²) in [6.45, 7) is 10.7. The molecule has 0 aromatic carbocycles. The van der Waals surface area contributed by atoms with Crippen LogP contribution in [0, 0.1) is 0 Å². The molecule has 0 aliphatic rings. The minimum atomic E-state index is -3.57. The van der Waals surface area contributed by atoms with Gasteiger partial charge in [-0.3, -0.25) is 4.18 Å². The lowest BCUT2D eigenvalue weighted by molar-refractivity contribution is 0.0498. The highest BCUT2D eigenvalue weighted by Gasteiger charge is 2.21. The molecule has 0 rings (SSSR count). The first-order valence-electron chi connectivity index (χ1n) is 5.96. The number of carbonyl (C=O) groups is 1. The summed E-state index contributed by atoms with van der Waals surface area (Å²) < 4.78 is 31.7. The van der Waals surface area contributed by atoms with Crippen LogP contribution in [0.1, 0.15) is 34.1 Å². The molecule has 1 amide bonds. The first kappa shape index (κ1) is 17.9. The van der Waals surface area contributed by atoms with Gasteiger partial charge in [0.15, 0.2) is 0 Å². The molecule has 1 unspecified atom stereocenters. The Kier molecular flexibility index (Phi) is 6.51. The zero-order valence-corrected chi connectivity index (χ0v) is 13.0. The van der Waals surface area contributed by atoms with Gasteiger partial charge in [-0.25, -0.2) is 4.79 Å². The second-order valence-corrected chi connectivity index (χ2v) is 6.84. The van der Waals surface area contributed by atoms with Gasteiger partial charge in [0.2, 0.25) is 0 Å². The van der Waals surface area contributed by atoms with Gasteiger partial charge in [-0.15, -0.1) is 0 Å². The molecule has 0 aliphatic heterocycles. The van der Waals surface area contributed by atoms with Crippen molar-refractivity contribution < 1.29 is 22.1 Å². The maximum atomic E-state index is 11.6. The predicted molar refractivity (Wildman–Crippen MR) is 73.4 cm³/mol. The molecule has 0 radical (unpaired) electrons. The Hall–Kier alpha value is -1.08. The van der Waals surface area contributed by atoms with Crippen LogP contribution >= 0.6 is 0 Å². The van der Waals surface area contributed by atoms with Gasteiger partial charge >= 0.3 is 6.09 Å². The number of nitrogens with one attached hydrogen (secondary N) is 1. The van der Waals surface area contributed by atoms with E-state index in [1.54, 1.807) is 20.8 Å². The van der Waals surface area contributed by atoms with Crippen LogP contribution in [0.25, 0.3) is 0 Å². The topological polar surface area (TPSA) is 81.7 Å². The lowest BCUT2D eigenvalue weighted by Crippen LogP contribution is -2.42. The average molecular weight is 293 g/mol. The van der Waals surface area contributed by atoms with Crippen LogP contribution in [-0.2, 0) is 19.0 Å². The van der Waals surface area contributed by atoms with E-state index in [1.807, 2.05) is 6.92 Å². The number of amides is 1. The van der Waals surface area contributed by atoms with Crippen LogP contribution < -0.4 is 5.32 Å². The summed E-state index contributed by atoms with van der Waals surface area (Å²) in [5.74, 6) is 0. The second-order valence-electron chi connectivity index (χ2n) is 5.20. The highest BCUT2D eigenvalue weighted by atomic mass is 32.2. The van der Waals surface area contributed by atoms with Crippen molar-refractivity contribution in [1.82, 2.24) is 5.32 Å². The Labute approximate surface area is 115 Å². The van der Waals surface area contributed by atoms with Crippen LogP contribution in [0.15, 0.2) is 12.2 Å². The van der Waals surface area contributed by atoms with Crippen LogP contribution in [0.4, 0.5) is 4.79 Å². The SMILES string of the molecule is C=C(CC)C(COS(C)(=O)=O)NC(=O)OC(C)(C)C. The molecule has 0 aliphatic carbocycles. The van der Waals surface area contributed by atoms with Crippen molar-refractivity contribution in [1.29, 1.82) is 0 Å². The van der Waals surface area contributed by atoms with Crippen molar-refractivity contribution in [2.45, 2.75) is 45.8 Å². The smallest absolute Gasteiger partial charge is 0.408 e. The van der Waals surface area contributed by atoms with Gasteiger partial charge in [-0.2, -0.15) is 8.42 Å². The summed E-state index contributed by atoms with van der Waals surface area (Å²) in [5, 5.41) is 2.55. The quantitative estimate of drug-likeness (QED) is 0.596. The minimum absolute atomic E-state index is 0.190. The number of hydrogen-bond donors (Lipinski definition) is 1. The molecule has 112 valence electrons. The van der Waals surface area contributed by atoms with E-state index in [9.17, 15) is 13.2 Å².